The predicted molar refractivity (Wildman–Crippen MR) is 150 cm³/mol. The molecule has 1 amide bonds. The fourth-order valence-corrected chi connectivity index (χ4v) is 5.09. The van der Waals surface area contributed by atoms with Crippen molar-refractivity contribution >= 4 is 23.7 Å². The van der Waals surface area contributed by atoms with E-state index in [-0.39, 0.29) is 18.9 Å². The first-order valence-electron chi connectivity index (χ1n) is 13.9. The molecule has 1 aliphatic carbocycles. The van der Waals surface area contributed by atoms with Crippen LogP contribution in [-0.4, -0.2) is 103 Å². The molecule has 1 aromatic carbocycles. The summed E-state index contributed by atoms with van der Waals surface area (Å²) in [6.07, 6.45) is 4.87. The summed E-state index contributed by atoms with van der Waals surface area (Å²) >= 11 is 0. The monoisotopic (exact) mass is 540 g/mol. The Balaban J connectivity index is 0.000000438. The number of hydrogen-bond acceptors (Lipinski definition) is 8. The van der Waals surface area contributed by atoms with E-state index < -0.39 is 11.2 Å². The number of fused-ring (bicyclic) bond motifs is 1. The minimum Gasteiger partial charge on any atom is -0.379 e. The van der Waals surface area contributed by atoms with E-state index in [1.54, 1.807) is 4.90 Å². The van der Waals surface area contributed by atoms with Gasteiger partial charge < -0.3 is 24.6 Å². The van der Waals surface area contributed by atoms with Crippen LogP contribution < -0.4 is 16.6 Å². The number of hydrogen-bond donors (Lipinski definition) is 2. The molecule has 3 heterocycles. The van der Waals surface area contributed by atoms with E-state index in [4.69, 9.17) is 4.74 Å². The molecule has 0 atom stereocenters. The van der Waals surface area contributed by atoms with Crippen molar-refractivity contribution in [3.8, 4) is 0 Å². The molecule has 2 saturated heterocycles. The Kier molecular flexibility index (Phi) is 10.5. The molecule has 0 spiro atoms. The van der Waals surface area contributed by atoms with Crippen molar-refractivity contribution in [3.63, 3.8) is 0 Å². The molecule has 11 heteroatoms. The summed E-state index contributed by atoms with van der Waals surface area (Å²) in [5.41, 5.74) is 2.62. The van der Waals surface area contributed by atoms with Crippen LogP contribution in [0.3, 0.4) is 0 Å². The summed E-state index contributed by atoms with van der Waals surface area (Å²) < 4.78 is 6.23. The quantitative estimate of drug-likeness (QED) is 0.473. The minimum absolute atomic E-state index is 0.00938. The molecule has 39 heavy (non-hydrogen) atoms. The van der Waals surface area contributed by atoms with Gasteiger partial charge in [-0.05, 0) is 56.0 Å². The number of rotatable bonds is 8. The molecule has 2 N–H and O–H groups in total. The number of nitrogens with zero attached hydrogens (tertiary/aromatic N) is 4. The van der Waals surface area contributed by atoms with Crippen LogP contribution in [0.25, 0.3) is 0 Å². The zero-order valence-electron chi connectivity index (χ0n) is 22.8. The smallest absolute Gasteiger partial charge is 0.329 e. The number of H-pyrrole nitrogens is 1. The number of aromatic nitrogens is 2. The topological polar surface area (TPSA) is 120 Å². The van der Waals surface area contributed by atoms with Crippen molar-refractivity contribution in [1.82, 2.24) is 24.3 Å². The maximum Gasteiger partial charge on any atom is 0.329 e. The molecular formula is C28H40N6O5. The molecule has 0 unspecified atom stereocenters. The van der Waals surface area contributed by atoms with Gasteiger partial charge in [0.1, 0.15) is 12.1 Å². The molecule has 3 aliphatic rings. The standard InChI is InChI=1S/C23H29N5O4.C5H11NO/c29-14-13-26-9-11-27(12-10-26)21(30)5-2-8-28-22(31)16-20(25-23(28)32)24-19-7-6-17-3-1-4-18(17)15-19;1-6-2-4-7-5-3-6/h6-7,14-16,24H,1-5,8-13H2,(H,25,32);2-5H2,1H3. The third-order valence-corrected chi connectivity index (χ3v) is 7.46. The molecule has 2 fully saturated rings. The first-order valence-corrected chi connectivity index (χ1v) is 13.9. The second kappa shape index (κ2) is 14.2. The maximum absolute atomic E-state index is 12.5. The molecule has 212 valence electrons. The molecule has 0 bridgehead atoms. The van der Waals surface area contributed by atoms with Crippen LogP contribution in [0.15, 0.2) is 33.9 Å². The second-order valence-corrected chi connectivity index (χ2v) is 10.3. The highest BCUT2D eigenvalue weighted by atomic mass is 16.5. The van der Waals surface area contributed by atoms with E-state index in [0.29, 0.717) is 45.0 Å². The fourth-order valence-electron chi connectivity index (χ4n) is 5.09. The van der Waals surface area contributed by atoms with Crippen LogP contribution in [0, 0.1) is 0 Å². The van der Waals surface area contributed by atoms with E-state index in [1.165, 1.54) is 17.2 Å². The van der Waals surface area contributed by atoms with Gasteiger partial charge in [0, 0.05) is 64.0 Å². The molecule has 11 nitrogen and oxygen atoms in total. The molecule has 1 aromatic heterocycles. The van der Waals surface area contributed by atoms with E-state index >= 15 is 0 Å². The van der Waals surface area contributed by atoms with Gasteiger partial charge in [0.2, 0.25) is 5.91 Å². The minimum atomic E-state index is -0.490. The van der Waals surface area contributed by atoms with Crippen molar-refractivity contribution < 1.29 is 14.3 Å². The number of carbonyl (C=O) groups excluding carboxylic acids is 2. The van der Waals surface area contributed by atoms with Crippen LogP contribution in [0.1, 0.15) is 30.4 Å². The molecule has 5 rings (SSSR count). The summed E-state index contributed by atoms with van der Waals surface area (Å²) in [5.74, 6) is 0.369. The highest BCUT2D eigenvalue weighted by molar-refractivity contribution is 5.76. The van der Waals surface area contributed by atoms with Crippen molar-refractivity contribution in [3.05, 3.63) is 56.2 Å². The van der Waals surface area contributed by atoms with Gasteiger partial charge in [-0.2, -0.15) is 0 Å². The van der Waals surface area contributed by atoms with Crippen molar-refractivity contribution in [2.24, 2.45) is 0 Å². The Morgan fingerprint density at radius 3 is 2.44 bits per heavy atom. The highest BCUT2D eigenvalue weighted by Gasteiger charge is 2.20. The van der Waals surface area contributed by atoms with Crippen LogP contribution in [0.4, 0.5) is 11.5 Å². The molecule has 2 aliphatic heterocycles. The average molecular weight is 541 g/mol. The normalized spacial score (nSPS) is 17.7. The third kappa shape index (κ3) is 8.35. The number of aryl methyl sites for hydroxylation is 2. The number of carbonyl (C=O) groups is 2. The summed E-state index contributed by atoms with van der Waals surface area (Å²) in [7, 11) is 2.11. The van der Waals surface area contributed by atoms with Crippen LogP contribution in [0.2, 0.25) is 0 Å². The number of aromatic amines is 1. The lowest BCUT2D eigenvalue weighted by Crippen LogP contribution is -2.49. The van der Waals surface area contributed by atoms with Crippen LogP contribution in [0.5, 0.6) is 0 Å². The summed E-state index contributed by atoms with van der Waals surface area (Å²) in [6, 6.07) is 7.49. The number of morpholine rings is 1. The van der Waals surface area contributed by atoms with Crippen LogP contribution in [-0.2, 0) is 33.7 Å². The number of amides is 1. The molecule has 2 aromatic rings. The average Bonchev–Trinajstić information content (AvgIpc) is 3.40. The number of piperazine rings is 1. The molecule has 0 radical (unpaired) electrons. The summed E-state index contributed by atoms with van der Waals surface area (Å²) in [5, 5.41) is 3.12. The number of anilines is 2. The van der Waals surface area contributed by atoms with Crippen molar-refractivity contribution in [1.29, 1.82) is 0 Å². The van der Waals surface area contributed by atoms with Gasteiger partial charge >= 0.3 is 5.69 Å². The third-order valence-electron chi connectivity index (χ3n) is 7.46. The van der Waals surface area contributed by atoms with Crippen molar-refractivity contribution in [2.75, 3.05) is 71.4 Å². The van der Waals surface area contributed by atoms with E-state index in [1.807, 2.05) is 11.0 Å². The maximum atomic E-state index is 12.5. The van der Waals surface area contributed by atoms with Gasteiger partial charge in [-0.3, -0.25) is 24.0 Å². The number of ether oxygens (including phenoxy) is 1. The number of nitrogens with one attached hydrogen (secondary N) is 2. The predicted octanol–water partition coefficient (Wildman–Crippen LogP) is 0.841. The lowest BCUT2D eigenvalue weighted by atomic mass is 10.1. The Morgan fingerprint density at radius 1 is 1.03 bits per heavy atom. The van der Waals surface area contributed by atoms with E-state index in [0.717, 1.165) is 62.1 Å². The Morgan fingerprint density at radius 2 is 1.77 bits per heavy atom. The SMILES string of the molecule is CN1CCOCC1.O=CCN1CCN(C(=O)CCCn2c(=O)cc(Nc3ccc4c(c3)CCC4)[nH]c2=O)CC1. The first kappa shape index (κ1) is 28.7. The Bertz CT molecular complexity index is 1200. The highest BCUT2D eigenvalue weighted by Crippen LogP contribution is 2.25. The Labute approximate surface area is 228 Å². The zero-order chi connectivity index (χ0) is 27.6. The number of benzene rings is 1. The number of likely N-dealkylation sites (N-methyl/N-ethyl adjacent to an activating group) is 1. The van der Waals surface area contributed by atoms with Gasteiger partial charge in [-0.25, -0.2) is 4.79 Å². The number of aldehydes is 1. The second-order valence-electron chi connectivity index (χ2n) is 10.3. The van der Waals surface area contributed by atoms with Crippen LogP contribution >= 0.6 is 0 Å². The molecular weight excluding hydrogens is 500 g/mol. The Hall–Kier alpha value is -3.28. The van der Waals surface area contributed by atoms with E-state index in [9.17, 15) is 19.2 Å². The van der Waals surface area contributed by atoms with Gasteiger partial charge in [0.05, 0.1) is 19.8 Å². The lowest BCUT2D eigenvalue weighted by Gasteiger charge is -2.33. The van der Waals surface area contributed by atoms with Gasteiger partial charge in [0.25, 0.3) is 5.56 Å². The van der Waals surface area contributed by atoms with Gasteiger partial charge in [-0.1, -0.05) is 6.07 Å². The van der Waals surface area contributed by atoms with Crippen molar-refractivity contribution in [2.45, 2.75) is 38.6 Å². The van der Waals surface area contributed by atoms with E-state index in [2.05, 4.69) is 34.4 Å². The summed E-state index contributed by atoms with van der Waals surface area (Å²) in [4.78, 5) is 56.7. The van der Waals surface area contributed by atoms with Gasteiger partial charge in [0.15, 0.2) is 0 Å². The van der Waals surface area contributed by atoms with Gasteiger partial charge in [-0.15, -0.1) is 0 Å². The fraction of sp³-hybridized carbons (Fsp3) is 0.571. The molecule has 0 saturated carbocycles. The lowest BCUT2D eigenvalue weighted by molar-refractivity contribution is -0.133. The summed E-state index contributed by atoms with van der Waals surface area (Å²) in [6.45, 7) is 7.15. The zero-order valence-corrected chi connectivity index (χ0v) is 22.8. The largest absolute Gasteiger partial charge is 0.379 e. The first-order chi connectivity index (χ1) is 18.9.